The fourth-order valence-corrected chi connectivity index (χ4v) is 2.51. The second-order valence-corrected chi connectivity index (χ2v) is 4.68. The van der Waals surface area contributed by atoms with Crippen molar-refractivity contribution in [1.29, 1.82) is 0 Å². The van der Waals surface area contributed by atoms with Gasteiger partial charge in [0, 0.05) is 12.8 Å². The van der Waals surface area contributed by atoms with Gasteiger partial charge in [0.25, 0.3) is 0 Å². The maximum Gasteiger partial charge on any atom is 0.307 e. The van der Waals surface area contributed by atoms with Crippen LogP contribution in [0.1, 0.15) is 24.8 Å². The molecule has 90 valence electrons. The van der Waals surface area contributed by atoms with Crippen LogP contribution < -0.4 is 0 Å². The standard InChI is InChI=1S/C14H16O3/c15-12-7-6-11(13(9-12)14(16)17)8-10-4-2-1-3-5-10/h1-5,11,13H,6-9H2,(H,16,17). The molecule has 3 nitrogen and oxygen atoms in total. The molecule has 0 aliphatic heterocycles. The van der Waals surface area contributed by atoms with Crippen molar-refractivity contribution in [3.63, 3.8) is 0 Å². The van der Waals surface area contributed by atoms with Crippen molar-refractivity contribution in [3.8, 4) is 0 Å². The summed E-state index contributed by atoms with van der Waals surface area (Å²) in [6.07, 6.45) is 2.18. The maximum absolute atomic E-state index is 11.3. The summed E-state index contributed by atoms with van der Waals surface area (Å²) in [5.74, 6) is -1.16. The van der Waals surface area contributed by atoms with Gasteiger partial charge in [-0.25, -0.2) is 0 Å². The van der Waals surface area contributed by atoms with Crippen LogP contribution in [0.5, 0.6) is 0 Å². The molecule has 2 unspecified atom stereocenters. The van der Waals surface area contributed by atoms with Crippen molar-refractivity contribution in [2.75, 3.05) is 0 Å². The van der Waals surface area contributed by atoms with Crippen LogP contribution in [0.2, 0.25) is 0 Å². The molecule has 1 aliphatic carbocycles. The van der Waals surface area contributed by atoms with Gasteiger partial charge in [0.15, 0.2) is 0 Å². The largest absolute Gasteiger partial charge is 0.481 e. The average molecular weight is 232 g/mol. The van der Waals surface area contributed by atoms with Crippen LogP contribution in [0.15, 0.2) is 30.3 Å². The summed E-state index contributed by atoms with van der Waals surface area (Å²) in [4.78, 5) is 22.5. The maximum atomic E-state index is 11.3. The average Bonchev–Trinajstić information content (AvgIpc) is 2.32. The lowest BCUT2D eigenvalue weighted by atomic mass is 9.76. The molecule has 1 N–H and O–H groups in total. The van der Waals surface area contributed by atoms with E-state index in [1.807, 2.05) is 30.3 Å². The first-order valence-corrected chi connectivity index (χ1v) is 5.95. The summed E-state index contributed by atoms with van der Waals surface area (Å²) in [5.41, 5.74) is 1.15. The van der Waals surface area contributed by atoms with E-state index in [0.717, 1.165) is 12.0 Å². The number of aliphatic carboxylic acids is 1. The fourth-order valence-electron chi connectivity index (χ4n) is 2.51. The molecule has 3 heteroatoms. The van der Waals surface area contributed by atoms with E-state index in [4.69, 9.17) is 5.11 Å². The van der Waals surface area contributed by atoms with Crippen LogP contribution in [0.4, 0.5) is 0 Å². The van der Waals surface area contributed by atoms with Gasteiger partial charge in [0.1, 0.15) is 5.78 Å². The van der Waals surface area contributed by atoms with Gasteiger partial charge in [-0.1, -0.05) is 30.3 Å². The van der Waals surface area contributed by atoms with Gasteiger partial charge < -0.3 is 5.11 Å². The third-order valence-corrected chi connectivity index (χ3v) is 3.47. The van der Waals surface area contributed by atoms with Crippen LogP contribution in [0, 0.1) is 11.8 Å². The minimum atomic E-state index is -0.834. The van der Waals surface area contributed by atoms with Gasteiger partial charge in [-0.05, 0) is 24.3 Å². The number of carboxylic acid groups (broad SMARTS) is 1. The topological polar surface area (TPSA) is 54.4 Å². The lowest BCUT2D eigenvalue weighted by Gasteiger charge is -2.27. The summed E-state index contributed by atoms with van der Waals surface area (Å²) in [5, 5.41) is 9.15. The van der Waals surface area contributed by atoms with E-state index < -0.39 is 11.9 Å². The molecule has 0 heterocycles. The highest BCUT2D eigenvalue weighted by atomic mass is 16.4. The molecule has 1 fully saturated rings. The molecule has 17 heavy (non-hydrogen) atoms. The number of hydrogen-bond donors (Lipinski definition) is 1. The molecule has 0 aromatic heterocycles. The predicted octanol–water partition coefficient (Wildman–Crippen LogP) is 2.30. The summed E-state index contributed by atoms with van der Waals surface area (Å²) in [7, 11) is 0. The van der Waals surface area contributed by atoms with E-state index in [0.29, 0.717) is 12.8 Å². The van der Waals surface area contributed by atoms with Crippen molar-refractivity contribution in [2.24, 2.45) is 11.8 Å². The number of benzene rings is 1. The number of ketones is 1. The van der Waals surface area contributed by atoms with Gasteiger partial charge in [-0.2, -0.15) is 0 Å². The molecule has 1 saturated carbocycles. The second-order valence-electron chi connectivity index (χ2n) is 4.68. The zero-order valence-electron chi connectivity index (χ0n) is 9.63. The highest BCUT2D eigenvalue weighted by Gasteiger charge is 2.34. The van der Waals surface area contributed by atoms with Gasteiger partial charge in [0.05, 0.1) is 5.92 Å². The Morgan fingerprint density at radius 3 is 2.65 bits per heavy atom. The Kier molecular flexibility index (Phi) is 3.57. The van der Waals surface area contributed by atoms with E-state index in [1.165, 1.54) is 0 Å². The fraction of sp³-hybridized carbons (Fsp3) is 0.429. The minimum absolute atomic E-state index is 0.0849. The Morgan fingerprint density at radius 1 is 1.29 bits per heavy atom. The minimum Gasteiger partial charge on any atom is -0.481 e. The first-order valence-electron chi connectivity index (χ1n) is 5.95. The molecule has 0 bridgehead atoms. The number of carbonyl (C=O) groups excluding carboxylic acids is 1. The van der Waals surface area contributed by atoms with Crippen molar-refractivity contribution < 1.29 is 14.7 Å². The van der Waals surface area contributed by atoms with Crippen LogP contribution in [0.3, 0.4) is 0 Å². The summed E-state index contributed by atoms with van der Waals surface area (Å²) < 4.78 is 0. The Bertz CT molecular complexity index is 411. The molecule has 0 radical (unpaired) electrons. The highest BCUT2D eigenvalue weighted by molar-refractivity contribution is 5.85. The first-order chi connectivity index (χ1) is 8.16. The SMILES string of the molecule is O=C1CCC(Cc2ccccc2)C(C(=O)O)C1. The third kappa shape index (κ3) is 2.93. The monoisotopic (exact) mass is 232 g/mol. The molecule has 0 saturated heterocycles. The lowest BCUT2D eigenvalue weighted by Crippen LogP contribution is -2.32. The van der Waals surface area contributed by atoms with Crippen molar-refractivity contribution in [1.82, 2.24) is 0 Å². The van der Waals surface area contributed by atoms with Gasteiger partial charge >= 0.3 is 5.97 Å². The van der Waals surface area contributed by atoms with E-state index >= 15 is 0 Å². The molecule has 1 aromatic rings. The van der Waals surface area contributed by atoms with E-state index in [9.17, 15) is 9.59 Å². The van der Waals surface area contributed by atoms with Crippen LogP contribution in [0.25, 0.3) is 0 Å². The Balaban J connectivity index is 2.08. The normalized spacial score (nSPS) is 24.6. The van der Waals surface area contributed by atoms with Crippen LogP contribution in [-0.2, 0) is 16.0 Å². The highest BCUT2D eigenvalue weighted by Crippen LogP contribution is 2.31. The quantitative estimate of drug-likeness (QED) is 0.870. The smallest absolute Gasteiger partial charge is 0.307 e. The molecule has 1 aliphatic rings. The molecule has 0 amide bonds. The molecular weight excluding hydrogens is 216 g/mol. The van der Waals surface area contributed by atoms with Gasteiger partial charge in [-0.3, -0.25) is 9.59 Å². The summed E-state index contributed by atoms with van der Waals surface area (Å²) >= 11 is 0. The van der Waals surface area contributed by atoms with Gasteiger partial charge in [-0.15, -0.1) is 0 Å². The first kappa shape index (κ1) is 11.8. The van der Waals surface area contributed by atoms with E-state index in [1.54, 1.807) is 0 Å². The van der Waals surface area contributed by atoms with Gasteiger partial charge in [0.2, 0.25) is 0 Å². The molecule has 2 rings (SSSR count). The van der Waals surface area contributed by atoms with E-state index in [2.05, 4.69) is 0 Å². The van der Waals surface area contributed by atoms with Crippen molar-refractivity contribution in [2.45, 2.75) is 25.7 Å². The molecule has 1 aromatic carbocycles. The number of hydrogen-bond acceptors (Lipinski definition) is 2. The zero-order chi connectivity index (χ0) is 12.3. The summed E-state index contributed by atoms with van der Waals surface area (Å²) in [6, 6.07) is 9.88. The Hall–Kier alpha value is -1.64. The number of rotatable bonds is 3. The molecule has 0 spiro atoms. The molecule has 2 atom stereocenters. The van der Waals surface area contributed by atoms with Crippen molar-refractivity contribution >= 4 is 11.8 Å². The van der Waals surface area contributed by atoms with Crippen molar-refractivity contribution in [3.05, 3.63) is 35.9 Å². The number of carboxylic acids is 1. The number of Topliss-reactive ketones (excluding diaryl/α,β-unsaturated/α-hetero) is 1. The van der Waals surface area contributed by atoms with Crippen LogP contribution in [-0.4, -0.2) is 16.9 Å². The number of carbonyl (C=O) groups is 2. The van der Waals surface area contributed by atoms with E-state index in [-0.39, 0.29) is 18.1 Å². The Morgan fingerprint density at radius 2 is 2.00 bits per heavy atom. The summed E-state index contributed by atoms with van der Waals surface area (Å²) in [6.45, 7) is 0. The zero-order valence-corrected chi connectivity index (χ0v) is 9.63. The molecular formula is C14H16O3. The Labute approximate surface area is 100 Å². The van der Waals surface area contributed by atoms with Crippen LogP contribution >= 0.6 is 0 Å². The predicted molar refractivity (Wildman–Crippen MR) is 63.6 cm³/mol. The second kappa shape index (κ2) is 5.13. The lowest BCUT2D eigenvalue weighted by molar-refractivity contribution is -0.147. The third-order valence-electron chi connectivity index (χ3n) is 3.47.